The lowest BCUT2D eigenvalue weighted by Gasteiger charge is -2.11. The van der Waals surface area contributed by atoms with Crippen molar-refractivity contribution < 1.29 is 38.9 Å². The molecule has 0 aromatic heterocycles. The molecule has 0 heterocycles. The van der Waals surface area contributed by atoms with Gasteiger partial charge in [-0.15, -0.1) is 0 Å². The van der Waals surface area contributed by atoms with Crippen molar-refractivity contribution in [1.82, 2.24) is 0 Å². The fourth-order valence-corrected chi connectivity index (χ4v) is 2.58. The second kappa shape index (κ2) is 21.3. The summed E-state index contributed by atoms with van der Waals surface area (Å²) in [7, 11) is 1.31. The summed E-state index contributed by atoms with van der Waals surface area (Å²) in [4.78, 5) is 43.3. The molecular formula is C24H38O8. The van der Waals surface area contributed by atoms with E-state index in [1.165, 1.54) is 52.1 Å². The van der Waals surface area contributed by atoms with E-state index in [1.807, 2.05) is 0 Å². The molecular weight excluding hydrogens is 416 g/mol. The zero-order valence-electron chi connectivity index (χ0n) is 19.3. The molecule has 0 bridgehead atoms. The number of hydrogen-bond acceptors (Lipinski definition) is 6. The highest BCUT2D eigenvalue weighted by Crippen LogP contribution is 2.14. The Kier molecular flexibility index (Phi) is 20.9. The Bertz CT molecular complexity index is 621. The van der Waals surface area contributed by atoms with Gasteiger partial charge in [0, 0.05) is 17.7 Å². The van der Waals surface area contributed by atoms with Crippen LogP contribution in [0.2, 0.25) is 0 Å². The minimum absolute atomic E-state index is 0.212. The summed E-state index contributed by atoms with van der Waals surface area (Å²) in [5.41, 5.74) is -0.276. The fraction of sp³-hybridized carbons (Fsp3) is 0.583. The summed E-state index contributed by atoms with van der Waals surface area (Å²) in [5.74, 6) is -5.23. The Labute approximate surface area is 191 Å². The van der Waals surface area contributed by atoms with Crippen LogP contribution in [-0.2, 0) is 28.7 Å². The van der Waals surface area contributed by atoms with Crippen LogP contribution >= 0.6 is 0 Å². The molecule has 8 nitrogen and oxygen atoms in total. The van der Waals surface area contributed by atoms with E-state index in [1.54, 1.807) is 0 Å². The van der Waals surface area contributed by atoms with Gasteiger partial charge in [0.05, 0.1) is 13.7 Å². The van der Waals surface area contributed by atoms with Crippen molar-refractivity contribution in [3.05, 3.63) is 37.0 Å². The Balaban J connectivity index is 0. The number of carbonyl (C=O) groups excluding carboxylic acids is 2. The van der Waals surface area contributed by atoms with Gasteiger partial charge in [0.15, 0.2) is 0 Å². The van der Waals surface area contributed by atoms with E-state index in [-0.39, 0.29) is 12.2 Å². The number of rotatable bonds is 17. The number of carbonyl (C=O) groups is 4. The molecule has 8 heteroatoms. The smallest absolute Gasteiger partial charge is 0.334 e. The molecule has 2 N–H and O–H groups in total. The van der Waals surface area contributed by atoms with Gasteiger partial charge in [0.1, 0.15) is 5.92 Å². The highest BCUT2D eigenvalue weighted by atomic mass is 16.5. The summed E-state index contributed by atoms with van der Waals surface area (Å²) < 4.78 is 9.17. The minimum atomic E-state index is -1.40. The summed E-state index contributed by atoms with van der Waals surface area (Å²) in [6, 6.07) is 0. The van der Waals surface area contributed by atoms with Gasteiger partial charge >= 0.3 is 23.9 Å². The fourth-order valence-electron chi connectivity index (χ4n) is 2.58. The highest BCUT2D eigenvalue weighted by Gasteiger charge is 2.24. The first kappa shape index (κ1) is 31.3. The number of unbranched alkanes of at least 4 members (excludes halogenated alkanes) is 9. The van der Waals surface area contributed by atoms with Crippen molar-refractivity contribution in [2.45, 2.75) is 71.1 Å². The molecule has 1 unspecified atom stereocenters. The first-order valence-electron chi connectivity index (χ1n) is 10.9. The van der Waals surface area contributed by atoms with Crippen LogP contribution in [0.15, 0.2) is 37.0 Å². The van der Waals surface area contributed by atoms with Crippen LogP contribution in [0.4, 0.5) is 0 Å². The van der Waals surface area contributed by atoms with Crippen LogP contribution in [0.5, 0.6) is 0 Å². The maximum atomic E-state index is 11.8. The number of hydrogen-bond donors (Lipinski definition) is 2. The molecule has 0 radical (unpaired) electrons. The predicted molar refractivity (Wildman–Crippen MR) is 122 cm³/mol. The summed E-state index contributed by atoms with van der Waals surface area (Å²) in [6.07, 6.45) is 14.3. The largest absolute Gasteiger partial charge is 0.481 e. The normalized spacial score (nSPS) is 11.1. The first-order valence-corrected chi connectivity index (χ1v) is 10.9. The van der Waals surface area contributed by atoms with Crippen molar-refractivity contribution in [2.24, 2.45) is 5.92 Å². The van der Waals surface area contributed by atoms with E-state index in [9.17, 15) is 19.2 Å². The third-order valence-electron chi connectivity index (χ3n) is 4.43. The van der Waals surface area contributed by atoms with Gasteiger partial charge in [0.2, 0.25) is 0 Å². The number of carboxylic acids is 2. The maximum Gasteiger partial charge on any atom is 0.334 e. The number of ether oxygens (including phenoxy) is 2. The van der Waals surface area contributed by atoms with Gasteiger partial charge in [-0.2, -0.15) is 0 Å². The number of esters is 2. The molecule has 0 amide bonds. The molecule has 32 heavy (non-hydrogen) atoms. The van der Waals surface area contributed by atoms with Gasteiger partial charge < -0.3 is 19.7 Å². The lowest BCUT2D eigenvalue weighted by molar-refractivity contribution is -0.145. The van der Waals surface area contributed by atoms with Crippen LogP contribution in [0.1, 0.15) is 71.1 Å². The Morgan fingerprint density at radius 3 is 1.78 bits per heavy atom. The number of methoxy groups -OCH3 is 1. The molecule has 1 atom stereocenters. The summed E-state index contributed by atoms with van der Waals surface area (Å²) in [6.45, 7) is 9.00. The molecule has 0 aromatic carbocycles. The second-order valence-electron chi connectivity index (χ2n) is 7.08. The van der Waals surface area contributed by atoms with E-state index < -0.39 is 29.8 Å². The molecule has 0 saturated carbocycles. The van der Waals surface area contributed by atoms with Crippen LogP contribution in [0.3, 0.4) is 0 Å². The predicted octanol–water partition coefficient (Wildman–Crippen LogP) is 4.69. The van der Waals surface area contributed by atoms with Gasteiger partial charge in [-0.1, -0.05) is 83.9 Å². The van der Waals surface area contributed by atoms with Gasteiger partial charge in [-0.05, 0) is 6.42 Å². The van der Waals surface area contributed by atoms with E-state index in [0.717, 1.165) is 31.4 Å². The van der Waals surface area contributed by atoms with E-state index in [4.69, 9.17) is 14.9 Å². The molecule has 0 aromatic rings. The van der Waals surface area contributed by atoms with Gasteiger partial charge in [-0.25, -0.2) is 14.4 Å². The average molecular weight is 455 g/mol. The van der Waals surface area contributed by atoms with Crippen molar-refractivity contribution >= 4 is 23.9 Å². The molecule has 0 aliphatic carbocycles. The molecule has 0 rings (SSSR count). The van der Waals surface area contributed by atoms with Crippen LogP contribution in [0.25, 0.3) is 0 Å². The molecule has 0 aliphatic rings. The maximum absolute atomic E-state index is 11.8. The molecule has 0 saturated heterocycles. The average Bonchev–Trinajstić information content (AvgIpc) is 2.76. The quantitative estimate of drug-likeness (QED) is 0.184. The molecule has 0 fully saturated rings. The van der Waals surface area contributed by atoms with E-state index >= 15 is 0 Å². The SMILES string of the molecule is C=C(C(=O)OCCCCCCCCCCCC)C(C=CC(=O)O)C(=O)O.C=CC(=O)OC. The first-order chi connectivity index (χ1) is 15.2. The monoisotopic (exact) mass is 454 g/mol. The van der Waals surface area contributed by atoms with Crippen LogP contribution in [-0.4, -0.2) is 47.8 Å². The number of aliphatic carboxylic acids is 2. The lowest BCUT2D eigenvalue weighted by atomic mass is 10.0. The van der Waals surface area contributed by atoms with Gasteiger partial charge in [-0.3, -0.25) is 4.79 Å². The summed E-state index contributed by atoms with van der Waals surface area (Å²) in [5, 5.41) is 17.6. The molecule has 182 valence electrons. The van der Waals surface area contributed by atoms with E-state index in [0.29, 0.717) is 6.08 Å². The van der Waals surface area contributed by atoms with Crippen LogP contribution < -0.4 is 0 Å². The van der Waals surface area contributed by atoms with Crippen LogP contribution in [0, 0.1) is 5.92 Å². The second-order valence-corrected chi connectivity index (χ2v) is 7.08. The minimum Gasteiger partial charge on any atom is -0.481 e. The van der Waals surface area contributed by atoms with E-state index in [2.05, 4.69) is 24.8 Å². The van der Waals surface area contributed by atoms with Crippen molar-refractivity contribution in [2.75, 3.05) is 13.7 Å². The number of carboxylic acid groups (broad SMARTS) is 2. The third-order valence-corrected chi connectivity index (χ3v) is 4.43. The lowest BCUT2D eigenvalue weighted by Crippen LogP contribution is -2.21. The Morgan fingerprint density at radius 1 is 0.906 bits per heavy atom. The Hall–Kier alpha value is -2.90. The Morgan fingerprint density at radius 2 is 1.41 bits per heavy atom. The van der Waals surface area contributed by atoms with Gasteiger partial charge in [0.25, 0.3) is 0 Å². The van der Waals surface area contributed by atoms with Crippen molar-refractivity contribution in [1.29, 1.82) is 0 Å². The van der Waals surface area contributed by atoms with Crippen molar-refractivity contribution in [3.8, 4) is 0 Å². The topological polar surface area (TPSA) is 127 Å². The standard InChI is InChI=1S/C20H32O6.C4H6O2/c1-3-4-5-6-7-8-9-10-11-12-15-26-20(25)16(2)17(19(23)24)13-14-18(21)22;1-3-4(5)6-2/h13-14,17H,2-12,15H2,1H3,(H,21,22)(H,23,24);3H,1H2,2H3. The zero-order valence-corrected chi connectivity index (χ0v) is 19.3. The van der Waals surface area contributed by atoms with Crippen molar-refractivity contribution in [3.63, 3.8) is 0 Å². The molecule has 0 aliphatic heterocycles. The zero-order chi connectivity index (χ0) is 24.8. The molecule has 0 spiro atoms. The third kappa shape index (κ3) is 19.1. The highest BCUT2D eigenvalue weighted by molar-refractivity contribution is 5.96. The summed E-state index contributed by atoms with van der Waals surface area (Å²) >= 11 is 0.